The zero-order chi connectivity index (χ0) is 14.7. The zero-order valence-electron chi connectivity index (χ0n) is 12.8. The Kier molecular flexibility index (Phi) is 5.02. The van der Waals surface area contributed by atoms with Gasteiger partial charge in [0.25, 0.3) is 0 Å². The summed E-state index contributed by atoms with van der Waals surface area (Å²) in [6, 6.07) is 0.437. The van der Waals surface area contributed by atoms with Crippen LogP contribution in [0.4, 0.5) is 11.9 Å². The molecule has 0 aromatic carbocycles. The van der Waals surface area contributed by atoms with Crippen LogP contribution >= 0.6 is 11.6 Å². The molecule has 0 aliphatic carbocycles. The molecule has 2 rings (SSSR count). The molecule has 0 radical (unpaired) electrons. The van der Waals surface area contributed by atoms with Crippen LogP contribution in [0.5, 0.6) is 0 Å². The molecule has 20 heavy (non-hydrogen) atoms. The van der Waals surface area contributed by atoms with E-state index in [0.29, 0.717) is 23.9 Å². The van der Waals surface area contributed by atoms with Crippen molar-refractivity contribution >= 4 is 23.5 Å². The Bertz CT molecular complexity index is 449. The molecule has 2 atom stereocenters. The molecule has 1 aliphatic rings. The lowest BCUT2D eigenvalue weighted by atomic mass is 9.92. The molecule has 2 heterocycles. The van der Waals surface area contributed by atoms with Crippen molar-refractivity contribution in [3.05, 3.63) is 5.28 Å². The lowest BCUT2D eigenvalue weighted by Gasteiger charge is -2.38. The molecule has 0 amide bonds. The summed E-state index contributed by atoms with van der Waals surface area (Å²) >= 11 is 6.10. The fourth-order valence-electron chi connectivity index (χ4n) is 2.72. The standard InChI is InChI=1S/C14H24ClN5/c1-5-19(6-2)13-16-12(15)17-14(18-13)20-9-7-8-10(3)11(20)4/h10-11H,5-9H2,1-4H3. The summed E-state index contributed by atoms with van der Waals surface area (Å²) in [7, 11) is 0. The van der Waals surface area contributed by atoms with Crippen molar-refractivity contribution in [2.45, 2.75) is 46.6 Å². The van der Waals surface area contributed by atoms with Crippen molar-refractivity contribution in [1.29, 1.82) is 0 Å². The first-order valence-corrected chi connectivity index (χ1v) is 7.87. The maximum absolute atomic E-state index is 6.10. The van der Waals surface area contributed by atoms with Crippen molar-refractivity contribution in [3.8, 4) is 0 Å². The summed E-state index contributed by atoms with van der Waals surface area (Å²) in [5.41, 5.74) is 0. The van der Waals surface area contributed by atoms with Gasteiger partial charge in [0.15, 0.2) is 0 Å². The van der Waals surface area contributed by atoms with Gasteiger partial charge in [0, 0.05) is 25.7 Å². The third-order valence-corrected chi connectivity index (χ3v) is 4.43. The molecule has 1 fully saturated rings. The highest BCUT2D eigenvalue weighted by molar-refractivity contribution is 6.28. The minimum Gasteiger partial charge on any atom is -0.341 e. The van der Waals surface area contributed by atoms with Gasteiger partial charge in [0.05, 0.1) is 0 Å². The summed E-state index contributed by atoms with van der Waals surface area (Å²) < 4.78 is 0. The van der Waals surface area contributed by atoms with Gasteiger partial charge in [-0.3, -0.25) is 0 Å². The van der Waals surface area contributed by atoms with Crippen LogP contribution < -0.4 is 9.80 Å². The molecule has 1 saturated heterocycles. The van der Waals surface area contributed by atoms with Gasteiger partial charge in [-0.25, -0.2) is 0 Å². The highest BCUT2D eigenvalue weighted by atomic mass is 35.5. The monoisotopic (exact) mass is 297 g/mol. The number of piperidine rings is 1. The van der Waals surface area contributed by atoms with Crippen LogP contribution in [0, 0.1) is 5.92 Å². The Balaban J connectivity index is 2.31. The van der Waals surface area contributed by atoms with E-state index in [0.717, 1.165) is 19.6 Å². The normalized spacial score (nSPS) is 22.9. The van der Waals surface area contributed by atoms with Crippen LogP contribution in [0.25, 0.3) is 0 Å². The van der Waals surface area contributed by atoms with E-state index in [4.69, 9.17) is 11.6 Å². The summed E-state index contributed by atoms with van der Waals surface area (Å²) in [5, 5.41) is 0.280. The van der Waals surface area contributed by atoms with Gasteiger partial charge < -0.3 is 9.80 Å². The van der Waals surface area contributed by atoms with Crippen molar-refractivity contribution in [3.63, 3.8) is 0 Å². The summed E-state index contributed by atoms with van der Waals surface area (Å²) in [6.07, 6.45) is 2.44. The predicted molar refractivity (Wildman–Crippen MR) is 83.6 cm³/mol. The quantitative estimate of drug-likeness (QED) is 0.855. The molecule has 1 aromatic rings. The SMILES string of the molecule is CCN(CC)c1nc(Cl)nc(N2CCCC(C)C2C)n1. The first kappa shape index (κ1) is 15.3. The van der Waals surface area contributed by atoms with E-state index >= 15 is 0 Å². The lowest BCUT2D eigenvalue weighted by Crippen LogP contribution is -2.43. The Morgan fingerprint density at radius 1 is 1.20 bits per heavy atom. The predicted octanol–water partition coefficient (Wildman–Crippen LogP) is 3.00. The number of anilines is 2. The smallest absolute Gasteiger partial charge is 0.231 e. The third-order valence-electron chi connectivity index (χ3n) is 4.26. The van der Waals surface area contributed by atoms with Crippen LogP contribution in [0.15, 0.2) is 0 Å². The second-order valence-electron chi connectivity index (χ2n) is 5.43. The summed E-state index contributed by atoms with van der Waals surface area (Å²) in [4.78, 5) is 17.6. The van der Waals surface area contributed by atoms with Crippen LogP contribution in [-0.4, -0.2) is 40.6 Å². The highest BCUT2D eigenvalue weighted by Gasteiger charge is 2.27. The molecular weight excluding hydrogens is 274 g/mol. The second-order valence-corrected chi connectivity index (χ2v) is 5.77. The Hall–Kier alpha value is -1.10. The molecule has 1 aromatic heterocycles. The van der Waals surface area contributed by atoms with Gasteiger partial charge in [-0.2, -0.15) is 15.0 Å². The Labute approximate surface area is 126 Å². The minimum absolute atomic E-state index is 0.280. The van der Waals surface area contributed by atoms with Gasteiger partial charge in [-0.05, 0) is 51.1 Å². The van der Waals surface area contributed by atoms with Crippen LogP contribution in [0.2, 0.25) is 5.28 Å². The Morgan fingerprint density at radius 3 is 2.55 bits per heavy atom. The number of halogens is 1. The van der Waals surface area contributed by atoms with Gasteiger partial charge >= 0.3 is 0 Å². The van der Waals surface area contributed by atoms with E-state index in [1.165, 1.54) is 12.8 Å². The van der Waals surface area contributed by atoms with Gasteiger partial charge in [0.1, 0.15) is 0 Å². The maximum atomic E-state index is 6.10. The molecule has 0 spiro atoms. The molecule has 1 aliphatic heterocycles. The molecule has 0 N–H and O–H groups in total. The van der Waals surface area contributed by atoms with E-state index in [-0.39, 0.29) is 5.28 Å². The number of nitrogens with zero attached hydrogens (tertiary/aromatic N) is 5. The van der Waals surface area contributed by atoms with Gasteiger partial charge in [-0.15, -0.1) is 0 Å². The van der Waals surface area contributed by atoms with Crippen molar-refractivity contribution < 1.29 is 0 Å². The first-order valence-electron chi connectivity index (χ1n) is 7.50. The van der Waals surface area contributed by atoms with Gasteiger partial charge in [0.2, 0.25) is 17.2 Å². The number of aromatic nitrogens is 3. The molecule has 5 nitrogen and oxygen atoms in total. The summed E-state index contributed by atoms with van der Waals surface area (Å²) in [5.74, 6) is 2.04. The topological polar surface area (TPSA) is 45.2 Å². The minimum atomic E-state index is 0.280. The van der Waals surface area contributed by atoms with Crippen LogP contribution in [0.3, 0.4) is 0 Å². The second kappa shape index (κ2) is 6.57. The molecule has 6 heteroatoms. The van der Waals surface area contributed by atoms with E-state index in [1.54, 1.807) is 0 Å². The van der Waals surface area contributed by atoms with Crippen molar-refractivity contribution in [2.75, 3.05) is 29.4 Å². The molecule has 0 saturated carbocycles. The largest absolute Gasteiger partial charge is 0.341 e. The highest BCUT2D eigenvalue weighted by Crippen LogP contribution is 2.27. The number of hydrogen-bond acceptors (Lipinski definition) is 5. The average molecular weight is 298 g/mol. The Morgan fingerprint density at radius 2 is 1.90 bits per heavy atom. The zero-order valence-corrected chi connectivity index (χ0v) is 13.6. The van der Waals surface area contributed by atoms with Crippen molar-refractivity contribution in [2.24, 2.45) is 5.92 Å². The average Bonchev–Trinajstić information content (AvgIpc) is 2.42. The molecule has 112 valence electrons. The summed E-state index contributed by atoms with van der Waals surface area (Å²) in [6.45, 7) is 11.4. The van der Waals surface area contributed by atoms with Crippen molar-refractivity contribution in [1.82, 2.24) is 15.0 Å². The number of hydrogen-bond donors (Lipinski definition) is 0. The maximum Gasteiger partial charge on any atom is 0.231 e. The molecule has 0 bridgehead atoms. The van der Waals surface area contributed by atoms with E-state index in [9.17, 15) is 0 Å². The van der Waals surface area contributed by atoms with E-state index in [2.05, 4.69) is 52.4 Å². The van der Waals surface area contributed by atoms with Gasteiger partial charge in [-0.1, -0.05) is 6.92 Å². The van der Waals surface area contributed by atoms with E-state index in [1.807, 2.05) is 0 Å². The third kappa shape index (κ3) is 3.14. The molecular formula is C14H24ClN5. The first-order chi connectivity index (χ1) is 9.56. The number of rotatable bonds is 4. The van der Waals surface area contributed by atoms with Crippen LogP contribution in [0.1, 0.15) is 40.5 Å². The van der Waals surface area contributed by atoms with E-state index < -0.39 is 0 Å². The van der Waals surface area contributed by atoms with Crippen LogP contribution in [-0.2, 0) is 0 Å². The lowest BCUT2D eigenvalue weighted by molar-refractivity contribution is 0.359. The molecule has 2 unspecified atom stereocenters. The fraction of sp³-hybridized carbons (Fsp3) is 0.786. The fourth-order valence-corrected chi connectivity index (χ4v) is 2.87.